The molecule has 1 amide bonds. The summed E-state index contributed by atoms with van der Waals surface area (Å²) in [5.74, 6) is 0.933. The Morgan fingerprint density at radius 2 is 2.12 bits per heavy atom. The summed E-state index contributed by atoms with van der Waals surface area (Å²) in [7, 11) is 0. The molecule has 25 heavy (non-hydrogen) atoms. The fourth-order valence-electron chi connectivity index (χ4n) is 3.43. The molecule has 0 saturated carbocycles. The highest BCUT2D eigenvalue weighted by molar-refractivity contribution is 7.12. The third kappa shape index (κ3) is 4.22. The molecule has 4 nitrogen and oxygen atoms in total. The summed E-state index contributed by atoms with van der Waals surface area (Å²) in [5, 5.41) is 12.0. The van der Waals surface area contributed by atoms with Crippen LogP contribution in [0.2, 0.25) is 0 Å². The molecule has 2 heterocycles. The molecule has 0 spiro atoms. The number of hydrogen-bond acceptors (Lipinski definition) is 4. The van der Waals surface area contributed by atoms with Crippen LogP contribution in [0.25, 0.3) is 0 Å². The third-order valence-corrected chi connectivity index (χ3v) is 5.99. The van der Waals surface area contributed by atoms with E-state index in [1.165, 1.54) is 11.3 Å². The molecule has 1 saturated heterocycles. The van der Waals surface area contributed by atoms with E-state index in [0.29, 0.717) is 13.2 Å². The maximum absolute atomic E-state index is 12.8. The second-order valence-corrected chi connectivity index (χ2v) is 7.75. The van der Waals surface area contributed by atoms with Gasteiger partial charge in [0.2, 0.25) is 0 Å². The minimum atomic E-state index is -0.270. The van der Waals surface area contributed by atoms with E-state index in [1.807, 2.05) is 53.6 Å². The number of rotatable bonds is 6. The summed E-state index contributed by atoms with van der Waals surface area (Å²) >= 11 is 1.50. The number of hydrogen-bond donors (Lipinski definition) is 1. The first-order valence-corrected chi connectivity index (χ1v) is 9.64. The van der Waals surface area contributed by atoms with Gasteiger partial charge in [0, 0.05) is 18.5 Å². The van der Waals surface area contributed by atoms with Crippen molar-refractivity contribution in [3.8, 4) is 5.75 Å². The van der Waals surface area contributed by atoms with Crippen molar-refractivity contribution in [1.29, 1.82) is 0 Å². The molecule has 0 aliphatic carbocycles. The van der Waals surface area contributed by atoms with Crippen LogP contribution < -0.4 is 4.74 Å². The fraction of sp³-hybridized carbons (Fsp3) is 0.450. The summed E-state index contributed by atoms with van der Waals surface area (Å²) in [5.41, 5.74) is 0.760. The Morgan fingerprint density at radius 1 is 1.32 bits per heavy atom. The molecule has 5 heteroatoms. The largest absolute Gasteiger partial charge is 0.494 e. The van der Waals surface area contributed by atoms with Gasteiger partial charge in [-0.15, -0.1) is 11.3 Å². The first kappa shape index (κ1) is 18.0. The number of aliphatic hydroxyl groups excluding tert-OH is 1. The van der Waals surface area contributed by atoms with Crippen LogP contribution in [0.5, 0.6) is 5.75 Å². The van der Waals surface area contributed by atoms with Crippen LogP contribution in [0.15, 0.2) is 41.8 Å². The highest BCUT2D eigenvalue weighted by Crippen LogP contribution is 2.34. The van der Waals surface area contributed by atoms with Crippen LogP contribution in [0.1, 0.15) is 34.5 Å². The number of thiophene rings is 1. The van der Waals surface area contributed by atoms with E-state index < -0.39 is 0 Å². The van der Waals surface area contributed by atoms with Gasteiger partial charge in [-0.1, -0.05) is 18.2 Å². The lowest BCUT2D eigenvalue weighted by molar-refractivity contribution is 0.0158. The molecule has 3 rings (SSSR count). The number of nitrogens with zero attached hydrogens (tertiary/aromatic N) is 1. The monoisotopic (exact) mass is 359 g/mol. The molecule has 1 aromatic carbocycles. The minimum Gasteiger partial charge on any atom is -0.494 e. The molecule has 134 valence electrons. The Balaban J connectivity index is 1.62. The van der Waals surface area contributed by atoms with E-state index in [2.05, 4.69) is 0 Å². The molecular weight excluding hydrogens is 334 g/mol. The molecular formula is C20H25NO3S. The first-order chi connectivity index (χ1) is 12.1. The maximum atomic E-state index is 12.8. The number of piperidine rings is 1. The predicted octanol–water partition coefficient (Wildman–Crippen LogP) is 3.74. The standard InChI is InChI=1S/C20H25NO3S/c1-16-8-13-25-18(16)19(23)21-11-5-9-20(14-21,15-22)10-12-24-17-6-3-2-4-7-17/h2-4,6-8,13,22H,5,9-12,14-15H2,1H3/t20-/m1/s1. The minimum absolute atomic E-state index is 0.0817. The lowest BCUT2D eigenvalue weighted by Crippen LogP contribution is -2.48. The Hall–Kier alpha value is -1.85. The average Bonchev–Trinajstić information content (AvgIpc) is 3.08. The Kier molecular flexibility index (Phi) is 5.76. The van der Waals surface area contributed by atoms with Crippen molar-refractivity contribution in [2.45, 2.75) is 26.2 Å². The van der Waals surface area contributed by atoms with Gasteiger partial charge in [0.25, 0.3) is 5.91 Å². The number of ether oxygens (including phenoxy) is 1. The van der Waals surface area contributed by atoms with Gasteiger partial charge in [-0.05, 0) is 55.3 Å². The van der Waals surface area contributed by atoms with Crippen molar-refractivity contribution < 1.29 is 14.6 Å². The van der Waals surface area contributed by atoms with Gasteiger partial charge in [-0.3, -0.25) is 4.79 Å². The number of carbonyl (C=O) groups is 1. The normalized spacial score (nSPS) is 20.5. The summed E-state index contributed by atoms with van der Waals surface area (Å²) in [4.78, 5) is 15.5. The highest BCUT2D eigenvalue weighted by atomic mass is 32.1. The molecule has 2 aromatic rings. The first-order valence-electron chi connectivity index (χ1n) is 8.76. The average molecular weight is 359 g/mol. The van der Waals surface area contributed by atoms with Crippen LogP contribution in [-0.4, -0.2) is 42.2 Å². The van der Waals surface area contributed by atoms with Crippen molar-refractivity contribution in [2.75, 3.05) is 26.3 Å². The quantitative estimate of drug-likeness (QED) is 0.855. The number of benzene rings is 1. The number of amides is 1. The summed E-state index contributed by atoms with van der Waals surface area (Å²) in [6, 6.07) is 11.7. The van der Waals surface area contributed by atoms with Crippen molar-refractivity contribution in [1.82, 2.24) is 4.90 Å². The lowest BCUT2D eigenvalue weighted by atomic mass is 9.78. The van der Waals surface area contributed by atoms with Crippen LogP contribution in [0.4, 0.5) is 0 Å². The van der Waals surface area contributed by atoms with Crippen molar-refractivity contribution >= 4 is 17.2 Å². The zero-order chi connectivity index (χ0) is 17.7. The van der Waals surface area contributed by atoms with Crippen molar-refractivity contribution in [3.05, 3.63) is 52.2 Å². The fourth-order valence-corrected chi connectivity index (χ4v) is 4.32. The summed E-state index contributed by atoms with van der Waals surface area (Å²) in [6.45, 7) is 3.96. The summed E-state index contributed by atoms with van der Waals surface area (Å²) < 4.78 is 5.81. The lowest BCUT2D eigenvalue weighted by Gasteiger charge is -2.41. The van der Waals surface area contributed by atoms with Gasteiger partial charge in [-0.2, -0.15) is 0 Å². The topological polar surface area (TPSA) is 49.8 Å². The maximum Gasteiger partial charge on any atom is 0.264 e. The molecule has 0 bridgehead atoms. The third-order valence-electron chi connectivity index (χ3n) is 4.98. The molecule has 1 aromatic heterocycles. The molecule has 1 fully saturated rings. The molecule has 1 N–H and O–H groups in total. The number of aliphatic hydroxyl groups is 1. The van der Waals surface area contributed by atoms with E-state index >= 15 is 0 Å². The van der Waals surface area contributed by atoms with Crippen LogP contribution in [-0.2, 0) is 0 Å². The molecule has 1 atom stereocenters. The van der Waals surface area contributed by atoms with Gasteiger partial charge in [0.1, 0.15) is 5.75 Å². The molecule has 0 unspecified atom stereocenters. The number of aryl methyl sites for hydroxylation is 1. The van der Waals surface area contributed by atoms with Crippen LogP contribution in [0.3, 0.4) is 0 Å². The number of para-hydroxylation sites is 1. The number of carbonyl (C=O) groups excluding carboxylic acids is 1. The molecule has 1 aliphatic heterocycles. The van der Waals surface area contributed by atoms with E-state index in [4.69, 9.17) is 4.74 Å². The SMILES string of the molecule is Cc1ccsc1C(=O)N1CCC[C@@](CO)(CCOc2ccccc2)C1. The van der Waals surface area contributed by atoms with Crippen molar-refractivity contribution in [3.63, 3.8) is 0 Å². The van der Waals surface area contributed by atoms with E-state index in [1.54, 1.807) is 0 Å². The van der Waals surface area contributed by atoms with E-state index in [9.17, 15) is 9.90 Å². The van der Waals surface area contributed by atoms with Gasteiger partial charge in [0.05, 0.1) is 18.1 Å². The Labute approximate surface area is 153 Å². The second-order valence-electron chi connectivity index (χ2n) is 6.83. The van der Waals surface area contributed by atoms with Crippen molar-refractivity contribution in [2.24, 2.45) is 5.41 Å². The Morgan fingerprint density at radius 3 is 2.80 bits per heavy atom. The molecule has 0 radical (unpaired) electrons. The van der Waals surface area contributed by atoms with Gasteiger partial charge < -0.3 is 14.7 Å². The Bertz CT molecular complexity index is 700. The van der Waals surface area contributed by atoms with Crippen LogP contribution >= 0.6 is 11.3 Å². The zero-order valence-electron chi connectivity index (χ0n) is 14.6. The van der Waals surface area contributed by atoms with E-state index in [-0.39, 0.29) is 17.9 Å². The number of likely N-dealkylation sites (tertiary alicyclic amines) is 1. The molecule has 1 aliphatic rings. The van der Waals surface area contributed by atoms with Gasteiger partial charge in [-0.25, -0.2) is 0 Å². The summed E-state index contributed by atoms with van der Waals surface area (Å²) in [6.07, 6.45) is 2.59. The highest BCUT2D eigenvalue weighted by Gasteiger charge is 2.37. The van der Waals surface area contributed by atoms with Gasteiger partial charge in [0.15, 0.2) is 0 Å². The smallest absolute Gasteiger partial charge is 0.264 e. The van der Waals surface area contributed by atoms with E-state index in [0.717, 1.165) is 42.0 Å². The predicted molar refractivity (Wildman–Crippen MR) is 100 cm³/mol. The van der Waals surface area contributed by atoms with Crippen LogP contribution in [0, 0.1) is 12.3 Å². The van der Waals surface area contributed by atoms with Gasteiger partial charge >= 0.3 is 0 Å². The second kappa shape index (κ2) is 8.02. The zero-order valence-corrected chi connectivity index (χ0v) is 15.4.